The van der Waals surface area contributed by atoms with Crippen molar-refractivity contribution in [1.82, 2.24) is 15.1 Å². The SMILES string of the molecule is CC(C)(C)OC(=O)N1CC[C@H](NCC(=O)N2CCC[C@H]2B2O[C@@H]3CC4CC([C@@H]3O2)C4(C)C)C1. The fourth-order valence-electron chi connectivity index (χ4n) is 6.68. The molecule has 8 nitrogen and oxygen atoms in total. The molecule has 9 heteroatoms. The first-order chi connectivity index (χ1) is 15.5. The van der Waals surface area contributed by atoms with Crippen LogP contribution in [0.1, 0.15) is 66.7 Å². The average molecular weight is 461 g/mol. The van der Waals surface area contributed by atoms with E-state index in [0.717, 1.165) is 38.1 Å². The highest BCUT2D eigenvalue weighted by Gasteiger charge is 2.63. The molecule has 2 amide bonds. The van der Waals surface area contributed by atoms with Gasteiger partial charge in [0.1, 0.15) is 5.60 Å². The smallest absolute Gasteiger partial charge is 0.444 e. The summed E-state index contributed by atoms with van der Waals surface area (Å²) < 4.78 is 18.3. The van der Waals surface area contributed by atoms with Crippen molar-refractivity contribution in [3.05, 3.63) is 0 Å². The second-order valence-electron chi connectivity index (χ2n) is 12.3. The van der Waals surface area contributed by atoms with E-state index in [2.05, 4.69) is 19.2 Å². The van der Waals surface area contributed by atoms with Crippen molar-refractivity contribution >= 4 is 19.1 Å². The number of hydrogen-bond donors (Lipinski definition) is 1. The molecular formula is C24H40BN3O5. The first-order valence-corrected chi connectivity index (χ1v) is 12.8. The Labute approximate surface area is 198 Å². The van der Waals surface area contributed by atoms with Crippen molar-refractivity contribution in [2.45, 2.75) is 96.5 Å². The number of hydrogen-bond acceptors (Lipinski definition) is 6. The Balaban J connectivity index is 1.11. The Hall–Kier alpha value is -1.32. The average Bonchev–Trinajstić information content (AvgIpc) is 3.48. The van der Waals surface area contributed by atoms with Gasteiger partial charge in [-0.2, -0.15) is 0 Å². The van der Waals surface area contributed by atoms with Crippen molar-refractivity contribution in [2.24, 2.45) is 17.3 Å². The van der Waals surface area contributed by atoms with Gasteiger partial charge in [-0.1, -0.05) is 13.8 Å². The van der Waals surface area contributed by atoms with Crippen LogP contribution in [0, 0.1) is 17.3 Å². The van der Waals surface area contributed by atoms with Crippen LogP contribution < -0.4 is 5.32 Å². The number of carbonyl (C=O) groups is 2. The second kappa shape index (κ2) is 8.42. The molecule has 6 rings (SSSR count). The van der Waals surface area contributed by atoms with Crippen molar-refractivity contribution in [3.8, 4) is 0 Å². The molecule has 2 unspecified atom stereocenters. The van der Waals surface area contributed by atoms with E-state index in [1.165, 1.54) is 6.42 Å². The molecule has 2 bridgehead atoms. The van der Waals surface area contributed by atoms with Gasteiger partial charge in [0, 0.05) is 25.7 Å². The molecular weight excluding hydrogens is 421 g/mol. The van der Waals surface area contributed by atoms with Gasteiger partial charge in [-0.25, -0.2) is 4.79 Å². The van der Waals surface area contributed by atoms with Gasteiger partial charge in [0.05, 0.1) is 24.7 Å². The molecule has 0 aromatic heterocycles. The molecule has 0 radical (unpaired) electrons. The minimum absolute atomic E-state index is 0.00653. The highest BCUT2D eigenvalue weighted by Crippen LogP contribution is 2.61. The summed E-state index contributed by atoms with van der Waals surface area (Å²) in [5, 5.41) is 3.37. The van der Waals surface area contributed by atoms with Crippen LogP contribution in [0.2, 0.25) is 0 Å². The highest BCUT2D eigenvalue weighted by atomic mass is 16.7. The van der Waals surface area contributed by atoms with Crippen molar-refractivity contribution in [3.63, 3.8) is 0 Å². The van der Waals surface area contributed by atoms with E-state index in [-0.39, 0.29) is 49.9 Å². The molecule has 3 saturated heterocycles. The van der Waals surface area contributed by atoms with Gasteiger partial charge in [-0.05, 0) is 70.1 Å². The molecule has 3 heterocycles. The number of rotatable bonds is 4. The molecule has 184 valence electrons. The van der Waals surface area contributed by atoms with E-state index >= 15 is 0 Å². The lowest BCUT2D eigenvalue weighted by atomic mass is 9.47. The Morgan fingerprint density at radius 1 is 1.15 bits per heavy atom. The summed E-state index contributed by atoms with van der Waals surface area (Å²) in [5.41, 5.74) is -0.148. The Morgan fingerprint density at radius 2 is 1.94 bits per heavy atom. The number of amides is 2. The Bertz CT molecular complexity index is 787. The summed E-state index contributed by atoms with van der Waals surface area (Å²) in [7, 11) is -0.296. The van der Waals surface area contributed by atoms with E-state index < -0.39 is 5.60 Å². The minimum Gasteiger partial charge on any atom is -0.444 e. The van der Waals surface area contributed by atoms with E-state index in [0.29, 0.717) is 24.4 Å². The topological polar surface area (TPSA) is 80.3 Å². The Morgan fingerprint density at radius 3 is 2.67 bits per heavy atom. The highest BCUT2D eigenvalue weighted by molar-refractivity contribution is 6.47. The third kappa shape index (κ3) is 4.41. The lowest BCUT2D eigenvalue weighted by Gasteiger charge is -2.60. The molecule has 3 aliphatic carbocycles. The molecule has 3 aliphatic heterocycles. The third-order valence-electron chi connectivity index (χ3n) is 8.74. The molecule has 0 aromatic rings. The van der Waals surface area contributed by atoms with E-state index in [1.807, 2.05) is 25.7 Å². The van der Waals surface area contributed by atoms with Crippen LogP contribution in [-0.2, 0) is 18.8 Å². The van der Waals surface area contributed by atoms with Gasteiger partial charge in [0.15, 0.2) is 0 Å². The standard InChI is InChI=1S/C24H40BN3O5/c1-23(2,3)31-22(30)27-10-8-16(14-27)26-13-20(29)28-9-6-7-19(28)25-32-18-12-15-11-17(21(18)33-25)24(15,4)5/h15-19,21,26H,6-14H2,1-5H3/t15?,16-,17?,18+,19-,21-/m0/s1. The van der Waals surface area contributed by atoms with E-state index in [4.69, 9.17) is 14.0 Å². The fourth-order valence-corrected chi connectivity index (χ4v) is 6.68. The van der Waals surface area contributed by atoms with Crippen LogP contribution in [0.15, 0.2) is 0 Å². The predicted octanol–water partition coefficient (Wildman–Crippen LogP) is 2.45. The monoisotopic (exact) mass is 461 g/mol. The van der Waals surface area contributed by atoms with Crippen LogP contribution in [0.5, 0.6) is 0 Å². The summed E-state index contributed by atoms with van der Waals surface area (Å²) in [6.45, 7) is 12.6. The molecule has 6 atom stereocenters. The Kier molecular flexibility index (Phi) is 5.97. The summed E-state index contributed by atoms with van der Waals surface area (Å²) in [6.07, 6.45) is 5.18. The van der Waals surface area contributed by atoms with Crippen LogP contribution in [0.3, 0.4) is 0 Å². The maximum absolute atomic E-state index is 13.1. The molecule has 33 heavy (non-hydrogen) atoms. The van der Waals surface area contributed by atoms with E-state index in [1.54, 1.807) is 4.90 Å². The maximum atomic E-state index is 13.1. The van der Waals surface area contributed by atoms with Crippen molar-refractivity contribution in [1.29, 1.82) is 0 Å². The fraction of sp³-hybridized carbons (Fsp3) is 0.917. The minimum atomic E-state index is -0.499. The van der Waals surface area contributed by atoms with Gasteiger partial charge < -0.3 is 29.2 Å². The number of nitrogens with zero attached hydrogens (tertiary/aromatic N) is 2. The van der Waals surface area contributed by atoms with Crippen molar-refractivity contribution < 1.29 is 23.6 Å². The quantitative estimate of drug-likeness (QED) is 0.648. The molecule has 0 aromatic carbocycles. The number of carbonyl (C=O) groups excluding carboxylic acids is 2. The van der Waals surface area contributed by atoms with Gasteiger partial charge in [-0.3, -0.25) is 4.79 Å². The number of nitrogens with one attached hydrogen (secondary N) is 1. The first-order valence-electron chi connectivity index (χ1n) is 12.8. The third-order valence-corrected chi connectivity index (χ3v) is 8.74. The molecule has 1 N–H and O–H groups in total. The lowest BCUT2D eigenvalue weighted by molar-refractivity contribution is -0.150. The normalized spacial score (nSPS) is 37.2. The lowest BCUT2D eigenvalue weighted by Crippen LogP contribution is -2.59. The molecule has 6 fully saturated rings. The summed E-state index contributed by atoms with van der Waals surface area (Å²) in [6, 6.07) is 0.110. The van der Waals surface area contributed by atoms with Crippen molar-refractivity contribution in [2.75, 3.05) is 26.2 Å². The van der Waals surface area contributed by atoms with Crippen LogP contribution in [0.25, 0.3) is 0 Å². The molecule has 0 spiro atoms. The zero-order valence-corrected chi connectivity index (χ0v) is 20.8. The largest absolute Gasteiger partial charge is 0.481 e. The molecule has 6 aliphatic rings. The zero-order valence-electron chi connectivity index (χ0n) is 20.8. The number of likely N-dealkylation sites (tertiary alicyclic amines) is 2. The summed E-state index contributed by atoms with van der Waals surface area (Å²) >= 11 is 0. The maximum Gasteiger partial charge on any atom is 0.481 e. The second-order valence-corrected chi connectivity index (χ2v) is 12.3. The summed E-state index contributed by atoms with van der Waals surface area (Å²) in [5.74, 6) is 1.42. The predicted molar refractivity (Wildman–Crippen MR) is 124 cm³/mol. The van der Waals surface area contributed by atoms with Gasteiger partial charge >= 0.3 is 13.2 Å². The zero-order chi connectivity index (χ0) is 23.5. The van der Waals surface area contributed by atoms with Gasteiger partial charge in [0.2, 0.25) is 5.91 Å². The van der Waals surface area contributed by atoms with Crippen LogP contribution in [0.4, 0.5) is 4.79 Å². The van der Waals surface area contributed by atoms with Gasteiger partial charge in [0.25, 0.3) is 0 Å². The van der Waals surface area contributed by atoms with Crippen LogP contribution in [-0.4, -0.2) is 84.9 Å². The first kappa shape index (κ1) is 23.4. The molecule has 3 saturated carbocycles. The summed E-state index contributed by atoms with van der Waals surface area (Å²) in [4.78, 5) is 29.1. The van der Waals surface area contributed by atoms with E-state index in [9.17, 15) is 9.59 Å². The number of ether oxygens (including phenoxy) is 1. The van der Waals surface area contributed by atoms with Gasteiger partial charge in [-0.15, -0.1) is 0 Å². The van der Waals surface area contributed by atoms with Crippen LogP contribution >= 0.6 is 0 Å².